The molecule has 1 saturated heterocycles. The molecule has 3 rings (SSSR count). The molecule has 120 valence electrons. The highest BCUT2D eigenvalue weighted by atomic mass is 32.2. The van der Waals surface area contributed by atoms with Gasteiger partial charge in [-0.1, -0.05) is 23.9 Å². The highest BCUT2D eigenvalue weighted by Gasteiger charge is 2.26. The van der Waals surface area contributed by atoms with Gasteiger partial charge in [0, 0.05) is 13.1 Å². The lowest BCUT2D eigenvalue weighted by Crippen LogP contribution is -2.35. The summed E-state index contributed by atoms with van der Waals surface area (Å²) < 4.78 is 1.62. The summed E-state index contributed by atoms with van der Waals surface area (Å²) in [5, 5.41) is 14.8. The fourth-order valence-electron chi connectivity index (χ4n) is 2.30. The van der Waals surface area contributed by atoms with Crippen LogP contribution in [0.1, 0.15) is 11.1 Å². The summed E-state index contributed by atoms with van der Waals surface area (Å²) in [4.78, 5) is 24.8. The highest BCUT2D eigenvalue weighted by molar-refractivity contribution is 7.99. The average Bonchev–Trinajstić information content (AvgIpc) is 3.16. The van der Waals surface area contributed by atoms with E-state index in [1.807, 2.05) is 32.0 Å². The normalized spacial score (nSPS) is 14.2. The third kappa shape index (κ3) is 3.04. The standard InChI is InChI=1S/C14H16N6O2S/c1-9-4-3-5-11(10(9)2)20-14(16-17-18-20)23-8-12(21)19-7-6-15-13(19)22/h3-5H,6-8H2,1-2H3,(H,15,22). The Bertz CT molecular complexity index is 759. The van der Waals surface area contributed by atoms with Gasteiger partial charge >= 0.3 is 6.03 Å². The number of tetrazole rings is 1. The monoisotopic (exact) mass is 332 g/mol. The number of thioether (sulfide) groups is 1. The number of carbonyl (C=O) groups is 2. The van der Waals surface area contributed by atoms with Gasteiger partial charge in [0.25, 0.3) is 0 Å². The van der Waals surface area contributed by atoms with E-state index < -0.39 is 0 Å². The minimum atomic E-state index is -0.343. The summed E-state index contributed by atoms with van der Waals surface area (Å²) in [6, 6.07) is 5.54. The highest BCUT2D eigenvalue weighted by Crippen LogP contribution is 2.22. The minimum Gasteiger partial charge on any atom is -0.336 e. The van der Waals surface area contributed by atoms with Crippen LogP contribution in [0.5, 0.6) is 0 Å². The van der Waals surface area contributed by atoms with Crippen molar-refractivity contribution < 1.29 is 9.59 Å². The van der Waals surface area contributed by atoms with Gasteiger partial charge < -0.3 is 5.32 Å². The number of aromatic nitrogens is 4. The summed E-state index contributed by atoms with van der Waals surface area (Å²) in [5.41, 5.74) is 3.09. The third-order valence-corrected chi connectivity index (χ3v) is 4.63. The molecule has 1 fully saturated rings. The molecule has 0 bridgehead atoms. The first-order chi connectivity index (χ1) is 11.1. The first-order valence-electron chi connectivity index (χ1n) is 7.14. The Hall–Kier alpha value is -2.42. The van der Waals surface area contributed by atoms with E-state index in [0.717, 1.165) is 16.8 Å². The van der Waals surface area contributed by atoms with Crippen LogP contribution in [0.4, 0.5) is 4.79 Å². The van der Waals surface area contributed by atoms with Crippen molar-refractivity contribution >= 4 is 23.7 Å². The molecule has 1 aromatic heterocycles. The topological polar surface area (TPSA) is 93.0 Å². The second kappa shape index (κ2) is 6.37. The smallest absolute Gasteiger partial charge is 0.324 e. The molecule has 2 aromatic rings. The summed E-state index contributed by atoms with van der Waals surface area (Å²) in [5.74, 6) is -0.140. The summed E-state index contributed by atoms with van der Waals surface area (Å²) >= 11 is 1.22. The molecule has 23 heavy (non-hydrogen) atoms. The maximum Gasteiger partial charge on any atom is 0.324 e. The van der Waals surface area contributed by atoms with Crippen molar-refractivity contribution in [2.45, 2.75) is 19.0 Å². The molecule has 1 aliphatic rings. The lowest BCUT2D eigenvalue weighted by atomic mass is 10.1. The SMILES string of the molecule is Cc1cccc(-n2nnnc2SCC(=O)N2CCNC2=O)c1C. The molecular weight excluding hydrogens is 316 g/mol. The molecule has 1 N–H and O–H groups in total. The van der Waals surface area contributed by atoms with Crippen LogP contribution in [0.15, 0.2) is 23.4 Å². The fourth-order valence-corrected chi connectivity index (χ4v) is 3.06. The fraction of sp³-hybridized carbons (Fsp3) is 0.357. The number of hydrogen-bond donors (Lipinski definition) is 1. The van der Waals surface area contributed by atoms with E-state index >= 15 is 0 Å². The van der Waals surface area contributed by atoms with Crippen LogP contribution >= 0.6 is 11.8 Å². The maximum atomic E-state index is 12.1. The van der Waals surface area contributed by atoms with E-state index in [4.69, 9.17) is 0 Å². The van der Waals surface area contributed by atoms with Gasteiger partial charge in [0.2, 0.25) is 11.1 Å². The molecule has 0 aliphatic carbocycles. The zero-order valence-corrected chi connectivity index (χ0v) is 13.6. The molecule has 3 amide bonds. The molecule has 0 atom stereocenters. The second-order valence-electron chi connectivity index (χ2n) is 5.16. The summed E-state index contributed by atoms with van der Waals surface area (Å²) in [6.07, 6.45) is 0. The van der Waals surface area contributed by atoms with E-state index in [0.29, 0.717) is 18.2 Å². The van der Waals surface area contributed by atoms with Crippen LogP contribution in [0.3, 0.4) is 0 Å². The van der Waals surface area contributed by atoms with E-state index in [9.17, 15) is 9.59 Å². The molecule has 0 unspecified atom stereocenters. The predicted octanol–water partition coefficient (Wildman–Crippen LogP) is 0.923. The Balaban J connectivity index is 1.75. The molecule has 9 heteroatoms. The first kappa shape index (κ1) is 15.5. The van der Waals surface area contributed by atoms with Gasteiger partial charge in [0.15, 0.2) is 0 Å². The van der Waals surface area contributed by atoms with Gasteiger partial charge in [-0.3, -0.25) is 9.69 Å². The number of nitrogens with zero attached hydrogens (tertiary/aromatic N) is 5. The number of benzene rings is 1. The molecule has 1 aromatic carbocycles. The molecular formula is C14H16N6O2S. The van der Waals surface area contributed by atoms with E-state index in [1.165, 1.54) is 16.7 Å². The van der Waals surface area contributed by atoms with Crippen molar-refractivity contribution in [3.05, 3.63) is 29.3 Å². The number of aryl methyl sites for hydroxylation is 1. The van der Waals surface area contributed by atoms with Crippen molar-refractivity contribution in [1.29, 1.82) is 0 Å². The van der Waals surface area contributed by atoms with E-state index in [1.54, 1.807) is 4.68 Å². The van der Waals surface area contributed by atoms with Crippen LogP contribution < -0.4 is 5.32 Å². The molecule has 0 radical (unpaired) electrons. The van der Waals surface area contributed by atoms with Crippen LogP contribution in [0.2, 0.25) is 0 Å². The maximum absolute atomic E-state index is 12.1. The van der Waals surface area contributed by atoms with Gasteiger partial charge in [-0.25, -0.2) is 4.79 Å². The quantitative estimate of drug-likeness (QED) is 0.837. The van der Waals surface area contributed by atoms with Crippen molar-refractivity contribution in [1.82, 2.24) is 30.4 Å². The lowest BCUT2D eigenvalue weighted by Gasteiger charge is -2.12. The number of nitrogens with one attached hydrogen (secondary N) is 1. The second-order valence-corrected chi connectivity index (χ2v) is 6.10. The Kier molecular flexibility index (Phi) is 4.28. The number of urea groups is 1. The van der Waals surface area contributed by atoms with Gasteiger partial charge in [-0.05, 0) is 41.5 Å². The number of carbonyl (C=O) groups excluding carboxylic acids is 2. The Labute approximate surface area is 137 Å². The van der Waals surface area contributed by atoms with Crippen LogP contribution in [0, 0.1) is 13.8 Å². The Morgan fingerprint density at radius 1 is 1.39 bits per heavy atom. The summed E-state index contributed by atoms with van der Waals surface area (Å²) in [7, 11) is 0. The van der Waals surface area contributed by atoms with Gasteiger partial charge in [-0.2, -0.15) is 4.68 Å². The van der Waals surface area contributed by atoms with Crippen molar-refractivity contribution in [2.75, 3.05) is 18.8 Å². The van der Waals surface area contributed by atoms with Crippen molar-refractivity contribution in [2.24, 2.45) is 0 Å². The Morgan fingerprint density at radius 3 is 2.96 bits per heavy atom. The number of hydrogen-bond acceptors (Lipinski definition) is 6. The average molecular weight is 332 g/mol. The minimum absolute atomic E-state index is 0.110. The third-order valence-electron chi connectivity index (χ3n) is 3.73. The van der Waals surface area contributed by atoms with Gasteiger partial charge in [-0.15, -0.1) is 5.10 Å². The van der Waals surface area contributed by atoms with Crippen LogP contribution in [-0.2, 0) is 4.79 Å². The zero-order valence-electron chi connectivity index (χ0n) is 12.8. The zero-order chi connectivity index (χ0) is 16.4. The number of amides is 3. The molecule has 0 saturated carbocycles. The van der Waals surface area contributed by atoms with Crippen molar-refractivity contribution in [3.63, 3.8) is 0 Å². The molecule has 0 spiro atoms. The number of imide groups is 1. The number of rotatable bonds is 4. The molecule has 8 nitrogen and oxygen atoms in total. The van der Waals surface area contributed by atoms with E-state index in [2.05, 4.69) is 20.8 Å². The van der Waals surface area contributed by atoms with Gasteiger partial charge in [0.05, 0.1) is 11.4 Å². The van der Waals surface area contributed by atoms with Crippen molar-refractivity contribution in [3.8, 4) is 5.69 Å². The largest absolute Gasteiger partial charge is 0.336 e. The first-order valence-corrected chi connectivity index (χ1v) is 8.12. The predicted molar refractivity (Wildman–Crippen MR) is 84.5 cm³/mol. The lowest BCUT2D eigenvalue weighted by molar-refractivity contribution is -0.124. The summed E-state index contributed by atoms with van der Waals surface area (Å²) in [6.45, 7) is 4.92. The molecule has 2 heterocycles. The van der Waals surface area contributed by atoms with E-state index in [-0.39, 0.29) is 17.7 Å². The van der Waals surface area contributed by atoms with Crippen LogP contribution in [-0.4, -0.2) is 55.9 Å². The van der Waals surface area contributed by atoms with Crippen LogP contribution in [0.25, 0.3) is 5.69 Å². The molecule has 1 aliphatic heterocycles. The van der Waals surface area contributed by atoms with Gasteiger partial charge in [0.1, 0.15) is 0 Å². The Morgan fingerprint density at radius 2 is 2.22 bits per heavy atom.